The molecule has 0 saturated carbocycles. The second-order valence-corrected chi connectivity index (χ2v) is 4.35. The van der Waals surface area contributed by atoms with Gasteiger partial charge in [0.05, 0.1) is 23.1 Å². The lowest BCUT2D eigenvalue weighted by Gasteiger charge is -2.22. The SMILES string of the molecule is COCCCN(C)c1c(N)cnc2ccccc12. The fraction of sp³-hybridized carbons (Fsp3) is 0.357. The van der Waals surface area contributed by atoms with E-state index >= 15 is 0 Å². The average molecular weight is 245 g/mol. The number of nitrogens with zero attached hydrogens (tertiary/aromatic N) is 2. The Morgan fingerprint density at radius 3 is 2.89 bits per heavy atom. The van der Waals surface area contributed by atoms with Crippen molar-refractivity contribution in [3.05, 3.63) is 30.5 Å². The lowest BCUT2D eigenvalue weighted by Crippen LogP contribution is -2.21. The first-order chi connectivity index (χ1) is 8.74. The summed E-state index contributed by atoms with van der Waals surface area (Å²) in [5, 5.41) is 1.09. The fourth-order valence-electron chi connectivity index (χ4n) is 2.13. The maximum absolute atomic E-state index is 6.06. The minimum Gasteiger partial charge on any atom is -0.396 e. The summed E-state index contributed by atoms with van der Waals surface area (Å²) in [5.41, 5.74) is 8.80. The third kappa shape index (κ3) is 2.54. The highest BCUT2D eigenvalue weighted by molar-refractivity contribution is 5.97. The Morgan fingerprint density at radius 2 is 2.11 bits per heavy atom. The normalized spacial score (nSPS) is 10.8. The Morgan fingerprint density at radius 1 is 1.33 bits per heavy atom. The molecule has 0 bridgehead atoms. The summed E-state index contributed by atoms with van der Waals surface area (Å²) in [7, 11) is 3.77. The number of pyridine rings is 1. The Labute approximate surface area is 107 Å². The van der Waals surface area contributed by atoms with Crippen LogP contribution in [0.15, 0.2) is 30.5 Å². The summed E-state index contributed by atoms with van der Waals surface area (Å²) in [6.07, 6.45) is 2.70. The highest BCUT2D eigenvalue weighted by Crippen LogP contribution is 2.30. The molecule has 1 aromatic heterocycles. The van der Waals surface area contributed by atoms with Gasteiger partial charge in [-0.3, -0.25) is 4.98 Å². The van der Waals surface area contributed by atoms with Crippen LogP contribution in [-0.2, 0) is 4.74 Å². The van der Waals surface area contributed by atoms with Gasteiger partial charge >= 0.3 is 0 Å². The number of methoxy groups -OCH3 is 1. The number of nitrogens with two attached hydrogens (primary N) is 1. The van der Waals surface area contributed by atoms with E-state index in [1.165, 1.54) is 0 Å². The number of hydrogen-bond donors (Lipinski definition) is 1. The summed E-state index contributed by atoms with van der Waals surface area (Å²) < 4.78 is 5.08. The molecule has 0 aliphatic carbocycles. The summed E-state index contributed by atoms with van der Waals surface area (Å²) in [6.45, 7) is 1.67. The van der Waals surface area contributed by atoms with Crippen molar-refractivity contribution in [2.24, 2.45) is 0 Å². The molecule has 4 nitrogen and oxygen atoms in total. The van der Waals surface area contributed by atoms with E-state index in [1.807, 2.05) is 25.2 Å². The Balaban J connectivity index is 2.33. The standard InChI is InChI=1S/C14H19N3O/c1-17(8-5-9-18-2)14-11-6-3-4-7-13(11)16-10-12(14)15/h3-4,6-7,10H,5,8-9,15H2,1-2H3. The zero-order valence-electron chi connectivity index (χ0n) is 10.9. The molecule has 0 amide bonds. The van der Waals surface area contributed by atoms with E-state index in [-0.39, 0.29) is 0 Å². The van der Waals surface area contributed by atoms with Crippen molar-refractivity contribution < 1.29 is 4.74 Å². The summed E-state index contributed by atoms with van der Waals surface area (Å²) >= 11 is 0. The van der Waals surface area contributed by atoms with Gasteiger partial charge in [0.2, 0.25) is 0 Å². The molecule has 1 heterocycles. The molecule has 18 heavy (non-hydrogen) atoms. The predicted molar refractivity (Wildman–Crippen MR) is 75.9 cm³/mol. The molecule has 0 saturated heterocycles. The maximum Gasteiger partial charge on any atom is 0.0745 e. The van der Waals surface area contributed by atoms with E-state index in [2.05, 4.69) is 16.0 Å². The molecule has 0 spiro atoms. The van der Waals surface area contributed by atoms with Gasteiger partial charge in [-0.25, -0.2) is 0 Å². The first-order valence-corrected chi connectivity index (χ1v) is 6.07. The number of anilines is 2. The molecule has 0 aliphatic rings. The highest BCUT2D eigenvalue weighted by atomic mass is 16.5. The molecule has 2 aromatic rings. The molecule has 0 atom stereocenters. The van der Waals surface area contributed by atoms with Gasteiger partial charge in [0.25, 0.3) is 0 Å². The number of para-hydroxylation sites is 1. The van der Waals surface area contributed by atoms with Crippen LogP contribution in [0.5, 0.6) is 0 Å². The molecule has 1 aromatic carbocycles. The van der Waals surface area contributed by atoms with Crippen LogP contribution in [0.2, 0.25) is 0 Å². The van der Waals surface area contributed by atoms with Gasteiger partial charge in [-0.15, -0.1) is 0 Å². The van der Waals surface area contributed by atoms with Crippen LogP contribution < -0.4 is 10.6 Å². The smallest absolute Gasteiger partial charge is 0.0745 e. The molecule has 0 fully saturated rings. The van der Waals surface area contributed by atoms with Crippen molar-refractivity contribution in [3.63, 3.8) is 0 Å². The van der Waals surface area contributed by atoms with Crippen LogP contribution in [0, 0.1) is 0 Å². The molecule has 2 rings (SSSR count). The topological polar surface area (TPSA) is 51.4 Å². The van der Waals surface area contributed by atoms with Gasteiger partial charge in [0.1, 0.15) is 0 Å². The lowest BCUT2D eigenvalue weighted by molar-refractivity contribution is 0.196. The van der Waals surface area contributed by atoms with Gasteiger partial charge in [-0.05, 0) is 12.5 Å². The second-order valence-electron chi connectivity index (χ2n) is 4.35. The van der Waals surface area contributed by atoms with E-state index in [0.29, 0.717) is 5.69 Å². The number of nitrogen functional groups attached to an aromatic ring is 1. The Bertz CT molecular complexity index is 527. The van der Waals surface area contributed by atoms with Crippen LogP contribution in [0.3, 0.4) is 0 Å². The number of benzene rings is 1. The average Bonchev–Trinajstić information content (AvgIpc) is 2.38. The molecule has 0 aliphatic heterocycles. The monoisotopic (exact) mass is 245 g/mol. The van der Waals surface area contributed by atoms with Gasteiger partial charge in [-0.2, -0.15) is 0 Å². The van der Waals surface area contributed by atoms with Crippen LogP contribution in [0.1, 0.15) is 6.42 Å². The molecule has 0 radical (unpaired) electrons. The minimum atomic E-state index is 0.716. The first kappa shape index (κ1) is 12.6. The summed E-state index contributed by atoms with van der Waals surface area (Å²) in [4.78, 5) is 6.51. The predicted octanol–water partition coefficient (Wildman–Crippen LogP) is 2.29. The van der Waals surface area contributed by atoms with E-state index in [1.54, 1.807) is 13.3 Å². The van der Waals surface area contributed by atoms with Crippen molar-refractivity contribution in [1.82, 2.24) is 4.98 Å². The van der Waals surface area contributed by atoms with Crippen molar-refractivity contribution in [2.75, 3.05) is 37.9 Å². The Kier molecular flexibility index (Phi) is 3.99. The van der Waals surface area contributed by atoms with Gasteiger partial charge < -0.3 is 15.4 Å². The number of rotatable bonds is 5. The van der Waals surface area contributed by atoms with E-state index in [9.17, 15) is 0 Å². The van der Waals surface area contributed by atoms with Crippen molar-refractivity contribution in [2.45, 2.75) is 6.42 Å². The van der Waals surface area contributed by atoms with E-state index in [4.69, 9.17) is 10.5 Å². The number of ether oxygens (including phenoxy) is 1. The van der Waals surface area contributed by atoms with E-state index < -0.39 is 0 Å². The molecular formula is C14H19N3O. The second kappa shape index (κ2) is 5.69. The zero-order chi connectivity index (χ0) is 13.0. The molecule has 2 N–H and O–H groups in total. The summed E-state index contributed by atoms with van der Waals surface area (Å²) in [6, 6.07) is 8.05. The number of hydrogen-bond acceptors (Lipinski definition) is 4. The van der Waals surface area contributed by atoms with Crippen LogP contribution >= 0.6 is 0 Å². The number of fused-ring (bicyclic) bond motifs is 1. The van der Waals surface area contributed by atoms with E-state index in [0.717, 1.165) is 36.2 Å². The minimum absolute atomic E-state index is 0.716. The van der Waals surface area contributed by atoms with Crippen LogP contribution in [-0.4, -0.2) is 32.3 Å². The van der Waals surface area contributed by atoms with Crippen molar-refractivity contribution >= 4 is 22.3 Å². The van der Waals surface area contributed by atoms with Gasteiger partial charge in [0, 0.05) is 32.7 Å². The van der Waals surface area contributed by atoms with Crippen molar-refractivity contribution in [3.8, 4) is 0 Å². The van der Waals surface area contributed by atoms with Gasteiger partial charge in [-0.1, -0.05) is 18.2 Å². The third-order valence-electron chi connectivity index (χ3n) is 3.00. The molecule has 96 valence electrons. The quantitative estimate of drug-likeness (QED) is 0.821. The zero-order valence-corrected chi connectivity index (χ0v) is 10.9. The van der Waals surface area contributed by atoms with Crippen molar-refractivity contribution in [1.29, 1.82) is 0 Å². The molecule has 0 unspecified atom stereocenters. The third-order valence-corrected chi connectivity index (χ3v) is 3.00. The lowest BCUT2D eigenvalue weighted by atomic mass is 10.1. The fourth-order valence-corrected chi connectivity index (χ4v) is 2.13. The van der Waals surface area contributed by atoms with Crippen LogP contribution in [0.4, 0.5) is 11.4 Å². The van der Waals surface area contributed by atoms with Gasteiger partial charge in [0.15, 0.2) is 0 Å². The first-order valence-electron chi connectivity index (χ1n) is 6.07. The van der Waals surface area contributed by atoms with Crippen LogP contribution in [0.25, 0.3) is 10.9 Å². The molecular weight excluding hydrogens is 226 g/mol. The highest BCUT2D eigenvalue weighted by Gasteiger charge is 2.10. The molecule has 4 heteroatoms. The number of aromatic nitrogens is 1. The summed E-state index contributed by atoms with van der Waals surface area (Å²) in [5.74, 6) is 0. The largest absolute Gasteiger partial charge is 0.396 e. The maximum atomic E-state index is 6.06. The Hall–Kier alpha value is -1.81.